The van der Waals surface area contributed by atoms with Crippen LogP contribution in [0.3, 0.4) is 0 Å². The van der Waals surface area contributed by atoms with Gasteiger partial charge < -0.3 is 9.88 Å². The molecule has 0 saturated heterocycles. The zero-order valence-electron chi connectivity index (χ0n) is 12.1. The lowest BCUT2D eigenvalue weighted by atomic mass is 9.95. The van der Waals surface area contributed by atoms with Crippen molar-refractivity contribution < 1.29 is 4.79 Å². The van der Waals surface area contributed by atoms with E-state index in [0.717, 1.165) is 41.7 Å². The number of hydrogen-bond donors (Lipinski definition) is 1. The normalized spacial score (nSPS) is 17.2. The maximum absolute atomic E-state index is 12.5. The van der Waals surface area contributed by atoms with Crippen LogP contribution in [0.1, 0.15) is 12.1 Å². The molecular weight excluding hydrogens is 276 g/mol. The number of benzene rings is 1. The summed E-state index contributed by atoms with van der Waals surface area (Å²) >= 11 is 0. The van der Waals surface area contributed by atoms with Gasteiger partial charge in [-0.05, 0) is 18.6 Å². The van der Waals surface area contributed by atoms with Crippen LogP contribution in [0.25, 0.3) is 10.9 Å². The molecule has 1 N–H and O–H groups in total. The van der Waals surface area contributed by atoms with Gasteiger partial charge in [-0.2, -0.15) is 0 Å². The second-order valence-corrected chi connectivity index (χ2v) is 5.67. The van der Waals surface area contributed by atoms with Crippen LogP contribution in [-0.2, 0) is 17.8 Å². The molecule has 0 radical (unpaired) electrons. The standard InChI is InChI=1S/C17H16N4O/c22-17(13-5-6-21-11-18-10-15(21)8-13)20-14-7-12-3-1-2-4-16(12)19-9-14/h1-4,7,9-11,13H,5-6,8H2,(H,20,22). The highest BCUT2D eigenvalue weighted by molar-refractivity contribution is 5.94. The molecule has 110 valence electrons. The second-order valence-electron chi connectivity index (χ2n) is 5.67. The summed E-state index contributed by atoms with van der Waals surface area (Å²) in [6.07, 6.45) is 6.98. The van der Waals surface area contributed by atoms with Crippen molar-refractivity contribution in [1.82, 2.24) is 14.5 Å². The number of fused-ring (bicyclic) bond motifs is 2. The van der Waals surface area contributed by atoms with Crippen LogP contribution in [0, 0.1) is 5.92 Å². The first kappa shape index (κ1) is 13.0. The van der Waals surface area contributed by atoms with Crippen LogP contribution in [-0.4, -0.2) is 20.4 Å². The highest BCUT2D eigenvalue weighted by Crippen LogP contribution is 2.22. The van der Waals surface area contributed by atoms with E-state index in [2.05, 4.69) is 19.9 Å². The molecule has 5 heteroatoms. The predicted octanol–water partition coefficient (Wildman–Crippen LogP) is 2.63. The van der Waals surface area contributed by atoms with Crippen molar-refractivity contribution in [2.24, 2.45) is 5.92 Å². The molecule has 1 aliphatic heterocycles. The molecular formula is C17H16N4O. The number of carbonyl (C=O) groups is 1. The van der Waals surface area contributed by atoms with Gasteiger partial charge in [0.1, 0.15) is 0 Å². The fourth-order valence-corrected chi connectivity index (χ4v) is 2.98. The Bertz CT molecular complexity index is 839. The number of para-hydroxylation sites is 1. The number of aryl methyl sites for hydroxylation is 1. The summed E-state index contributed by atoms with van der Waals surface area (Å²) < 4.78 is 2.11. The van der Waals surface area contributed by atoms with Crippen molar-refractivity contribution in [2.45, 2.75) is 19.4 Å². The number of rotatable bonds is 2. The van der Waals surface area contributed by atoms with E-state index in [1.165, 1.54) is 0 Å². The third-order valence-corrected chi connectivity index (χ3v) is 4.20. The highest BCUT2D eigenvalue weighted by atomic mass is 16.1. The lowest BCUT2D eigenvalue weighted by Gasteiger charge is -2.22. The molecule has 1 aliphatic rings. The van der Waals surface area contributed by atoms with E-state index in [4.69, 9.17) is 0 Å². The zero-order valence-corrected chi connectivity index (χ0v) is 12.1. The smallest absolute Gasteiger partial charge is 0.227 e. The molecule has 0 aliphatic carbocycles. The van der Waals surface area contributed by atoms with Crippen LogP contribution in [0.5, 0.6) is 0 Å². The predicted molar refractivity (Wildman–Crippen MR) is 84.4 cm³/mol. The Morgan fingerprint density at radius 1 is 1.27 bits per heavy atom. The van der Waals surface area contributed by atoms with Gasteiger partial charge in [0, 0.05) is 36.2 Å². The first-order chi connectivity index (χ1) is 10.8. The maximum Gasteiger partial charge on any atom is 0.227 e. The Kier molecular flexibility index (Phi) is 3.11. The third-order valence-electron chi connectivity index (χ3n) is 4.20. The van der Waals surface area contributed by atoms with Crippen LogP contribution in [0.15, 0.2) is 49.1 Å². The molecule has 2 aromatic heterocycles. The minimum absolute atomic E-state index is 0.00401. The summed E-state index contributed by atoms with van der Waals surface area (Å²) in [5, 5.41) is 4.03. The van der Waals surface area contributed by atoms with Gasteiger partial charge in [-0.25, -0.2) is 4.98 Å². The molecule has 0 bridgehead atoms. The summed E-state index contributed by atoms with van der Waals surface area (Å²) in [7, 11) is 0. The molecule has 1 atom stereocenters. The molecule has 0 fully saturated rings. The number of aromatic nitrogens is 3. The Labute approximate surface area is 128 Å². The van der Waals surface area contributed by atoms with Gasteiger partial charge in [0.05, 0.1) is 23.7 Å². The fraction of sp³-hybridized carbons (Fsp3) is 0.235. The quantitative estimate of drug-likeness (QED) is 0.790. The average molecular weight is 292 g/mol. The number of nitrogens with zero attached hydrogens (tertiary/aromatic N) is 3. The zero-order chi connectivity index (χ0) is 14.9. The van der Waals surface area contributed by atoms with Crippen molar-refractivity contribution in [3.05, 3.63) is 54.7 Å². The first-order valence-electron chi connectivity index (χ1n) is 7.44. The topological polar surface area (TPSA) is 59.8 Å². The Hall–Kier alpha value is -2.69. The molecule has 22 heavy (non-hydrogen) atoms. The average Bonchev–Trinajstić information content (AvgIpc) is 3.02. The van der Waals surface area contributed by atoms with Crippen LogP contribution in [0.2, 0.25) is 0 Å². The minimum atomic E-state index is -0.00401. The van der Waals surface area contributed by atoms with Gasteiger partial charge in [-0.1, -0.05) is 18.2 Å². The van der Waals surface area contributed by atoms with Crippen molar-refractivity contribution >= 4 is 22.5 Å². The SMILES string of the molecule is O=C(Nc1cnc2ccccc2c1)C1CCn2cncc2C1. The lowest BCUT2D eigenvalue weighted by molar-refractivity contribution is -0.120. The van der Waals surface area contributed by atoms with Crippen molar-refractivity contribution in [3.63, 3.8) is 0 Å². The number of imidazole rings is 1. The van der Waals surface area contributed by atoms with Crippen LogP contribution >= 0.6 is 0 Å². The first-order valence-corrected chi connectivity index (χ1v) is 7.44. The lowest BCUT2D eigenvalue weighted by Crippen LogP contribution is -2.29. The number of nitrogens with one attached hydrogen (secondary N) is 1. The van der Waals surface area contributed by atoms with E-state index in [1.807, 2.05) is 42.9 Å². The summed E-state index contributed by atoms with van der Waals surface area (Å²) in [4.78, 5) is 21.0. The molecule has 4 rings (SSSR count). The van der Waals surface area contributed by atoms with Gasteiger partial charge in [0.15, 0.2) is 0 Å². The molecule has 0 saturated carbocycles. The van der Waals surface area contributed by atoms with E-state index in [9.17, 15) is 4.79 Å². The van der Waals surface area contributed by atoms with Crippen molar-refractivity contribution in [2.75, 3.05) is 5.32 Å². The van der Waals surface area contributed by atoms with Crippen LogP contribution < -0.4 is 5.32 Å². The largest absolute Gasteiger partial charge is 0.335 e. The van der Waals surface area contributed by atoms with Gasteiger partial charge >= 0.3 is 0 Å². The number of anilines is 1. The summed E-state index contributed by atoms with van der Waals surface area (Å²) in [6.45, 7) is 0.851. The van der Waals surface area contributed by atoms with Crippen molar-refractivity contribution in [1.29, 1.82) is 0 Å². The molecule has 1 aromatic carbocycles. The summed E-state index contributed by atoms with van der Waals surface area (Å²) in [5.74, 6) is 0.0557. The summed E-state index contributed by atoms with van der Waals surface area (Å²) in [6, 6.07) is 9.85. The van der Waals surface area contributed by atoms with Gasteiger partial charge in [0.2, 0.25) is 5.91 Å². The van der Waals surface area contributed by atoms with Gasteiger partial charge in [0.25, 0.3) is 0 Å². The molecule has 1 unspecified atom stereocenters. The number of pyridine rings is 1. The van der Waals surface area contributed by atoms with Crippen LogP contribution in [0.4, 0.5) is 5.69 Å². The number of hydrogen-bond acceptors (Lipinski definition) is 3. The highest BCUT2D eigenvalue weighted by Gasteiger charge is 2.24. The summed E-state index contributed by atoms with van der Waals surface area (Å²) in [5.41, 5.74) is 2.81. The molecule has 0 spiro atoms. The monoisotopic (exact) mass is 292 g/mol. The van der Waals surface area contributed by atoms with E-state index >= 15 is 0 Å². The number of amides is 1. The molecule has 1 amide bonds. The van der Waals surface area contributed by atoms with E-state index in [0.29, 0.717) is 0 Å². The maximum atomic E-state index is 12.5. The van der Waals surface area contributed by atoms with Crippen molar-refractivity contribution in [3.8, 4) is 0 Å². The Morgan fingerprint density at radius 2 is 2.18 bits per heavy atom. The second kappa shape index (κ2) is 5.26. The Morgan fingerprint density at radius 3 is 3.14 bits per heavy atom. The molecule has 5 nitrogen and oxygen atoms in total. The number of carbonyl (C=O) groups excluding carboxylic acids is 1. The van der Waals surface area contributed by atoms with E-state index < -0.39 is 0 Å². The third kappa shape index (κ3) is 2.35. The Balaban J connectivity index is 1.51. The minimum Gasteiger partial charge on any atom is -0.335 e. The van der Waals surface area contributed by atoms with E-state index in [-0.39, 0.29) is 11.8 Å². The molecule has 3 aromatic rings. The molecule has 3 heterocycles. The van der Waals surface area contributed by atoms with E-state index in [1.54, 1.807) is 6.20 Å². The van der Waals surface area contributed by atoms with Gasteiger partial charge in [-0.3, -0.25) is 9.78 Å². The fourth-order valence-electron chi connectivity index (χ4n) is 2.98. The van der Waals surface area contributed by atoms with Gasteiger partial charge in [-0.15, -0.1) is 0 Å².